The van der Waals surface area contributed by atoms with Gasteiger partial charge in [-0.15, -0.1) is 0 Å². The first-order valence-electron chi connectivity index (χ1n) is 5.57. The Bertz CT molecular complexity index is 405. The molecule has 0 heterocycles. The van der Waals surface area contributed by atoms with E-state index < -0.39 is 0 Å². The van der Waals surface area contributed by atoms with Gasteiger partial charge in [-0.1, -0.05) is 18.5 Å². The fourth-order valence-electron chi connectivity index (χ4n) is 2.01. The third kappa shape index (κ3) is 2.38. The van der Waals surface area contributed by atoms with Crippen LogP contribution in [0.3, 0.4) is 0 Å². The van der Waals surface area contributed by atoms with E-state index in [9.17, 15) is 4.79 Å². The van der Waals surface area contributed by atoms with E-state index in [1.807, 2.05) is 13.1 Å². The second-order valence-electron chi connectivity index (χ2n) is 4.68. The molecule has 1 aromatic carbocycles. The third-order valence-corrected chi connectivity index (χ3v) is 3.61. The van der Waals surface area contributed by atoms with Gasteiger partial charge in [-0.2, -0.15) is 0 Å². The molecule has 0 amide bonds. The zero-order chi connectivity index (χ0) is 11.7. The van der Waals surface area contributed by atoms with Crippen molar-refractivity contribution in [3.05, 3.63) is 28.8 Å². The van der Waals surface area contributed by atoms with Gasteiger partial charge in [0.25, 0.3) is 0 Å². The SMILES string of the molecule is CC1CC1CN(C)c1ccc(C=O)cc1Cl. The predicted octanol–water partition coefficient (Wildman–Crippen LogP) is 3.24. The Labute approximate surface area is 101 Å². The van der Waals surface area contributed by atoms with Crippen molar-refractivity contribution < 1.29 is 4.79 Å². The summed E-state index contributed by atoms with van der Waals surface area (Å²) >= 11 is 6.14. The maximum Gasteiger partial charge on any atom is 0.150 e. The van der Waals surface area contributed by atoms with Crippen molar-refractivity contribution in [3.8, 4) is 0 Å². The van der Waals surface area contributed by atoms with E-state index in [4.69, 9.17) is 11.6 Å². The fraction of sp³-hybridized carbons (Fsp3) is 0.462. The zero-order valence-electron chi connectivity index (χ0n) is 9.61. The van der Waals surface area contributed by atoms with E-state index in [1.54, 1.807) is 12.1 Å². The minimum Gasteiger partial charge on any atom is -0.373 e. The number of hydrogen-bond donors (Lipinski definition) is 0. The number of carbonyl (C=O) groups excluding carboxylic acids is 1. The molecule has 1 aromatic rings. The smallest absolute Gasteiger partial charge is 0.150 e. The Hall–Kier alpha value is -1.02. The predicted molar refractivity (Wildman–Crippen MR) is 67.4 cm³/mol. The number of carbonyl (C=O) groups is 1. The highest BCUT2D eigenvalue weighted by Gasteiger charge is 2.33. The van der Waals surface area contributed by atoms with E-state index in [1.165, 1.54) is 6.42 Å². The Morgan fingerprint density at radius 2 is 2.25 bits per heavy atom. The lowest BCUT2D eigenvalue weighted by Gasteiger charge is -2.20. The lowest BCUT2D eigenvalue weighted by Crippen LogP contribution is -2.20. The van der Waals surface area contributed by atoms with Gasteiger partial charge >= 0.3 is 0 Å². The number of aldehydes is 1. The topological polar surface area (TPSA) is 20.3 Å². The summed E-state index contributed by atoms with van der Waals surface area (Å²) in [6.07, 6.45) is 2.13. The average molecular weight is 238 g/mol. The summed E-state index contributed by atoms with van der Waals surface area (Å²) in [5.74, 6) is 1.64. The number of benzene rings is 1. The quantitative estimate of drug-likeness (QED) is 0.750. The van der Waals surface area contributed by atoms with Gasteiger partial charge < -0.3 is 4.90 Å². The molecule has 2 unspecified atom stereocenters. The van der Waals surface area contributed by atoms with Gasteiger partial charge in [-0.05, 0) is 36.5 Å². The van der Waals surface area contributed by atoms with Crippen molar-refractivity contribution in [2.24, 2.45) is 11.8 Å². The molecule has 0 N–H and O–H groups in total. The molecule has 1 aliphatic carbocycles. The van der Waals surface area contributed by atoms with Crippen molar-refractivity contribution >= 4 is 23.6 Å². The third-order valence-electron chi connectivity index (χ3n) is 3.30. The molecule has 2 rings (SSSR count). The van der Waals surface area contributed by atoms with Gasteiger partial charge in [-0.25, -0.2) is 0 Å². The first-order chi connectivity index (χ1) is 7.61. The Balaban J connectivity index is 2.10. The number of rotatable bonds is 4. The van der Waals surface area contributed by atoms with Crippen LogP contribution in [0.2, 0.25) is 5.02 Å². The standard InChI is InChI=1S/C13H16ClNO/c1-9-5-11(9)7-15(2)13-4-3-10(8-16)6-12(13)14/h3-4,6,8-9,11H,5,7H2,1-2H3. The summed E-state index contributed by atoms with van der Waals surface area (Å²) in [5, 5.41) is 0.653. The molecule has 3 heteroatoms. The maximum atomic E-state index is 10.6. The number of anilines is 1. The minimum absolute atomic E-state index is 0.627. The van der Waals surface area contributed by atoms with Crippen LogP contribution in [0.5, 0.6) is 0 Å². The van der Waals surface area contributed by atoms with E-state index >= 15 is 0 Å². The lowest BCUT2D eigenvalue weighted by atomic mass is 10.2. The summed E-state index contributed by atoms with van der Waals surface area (Å²) in [4.78, 5) is 12.8. The fourth-order valence-corrected chi connectivity index (χ4v) is 2.34. The Morgan fingerprint density at radius 3 is 2.75 bits per heavy atom. The van der Waals surface area contributed by atoms with Crippen LogP contribution in [-0.2, 0) is 0 Å². The molecule has 1 fully saturated rings. The van der Waals surface area contributed by atoms with Gasteiger partial charge in [0.1, 0.15) is 6.29 Å². The Kier molecular flexibility index (Phi) is 3.20. The van der Waals surface area contributed by atoms with Gasteiger partial charge in [0.15, 0.2) is 0 Å². The first-order valence-corrected chi connectivity index (χ1v) is 5.95. The summed E-state index contributed by atoms with van der Waals surface area (Å²) in [7, 11) is 2.05. The number of hydrogen-bond acceptors (Lipinski definition) is 2. The molecule has 1 saturated carbocycles. The largest absolute Gasteiger partial charge is 0.373 e. The molecule has 0 radical (unpaired) electrons. The number of nitrogens with zero attached hydrogens (tertiary/aromatic N) is 1. The average Bonchev–Trinajstić information content (AvgIpc) is 2.93. The second kappa shape index (κ2) is 4.46. The maximum absolute atomic E-state index is 10.6. The van der Waals surface area contributed by atoms with Crippen molar-refractivity contribution in [3.63, 3.8) is 0 Å². The highest BCUT2D eigenvalue weighted by atomic mass is 35.5. The molecular formula is C13H16ClNO. The molecule has 2 atom stereocenters. The zero-order valence-corrected chi connectivity index (χ0v) is 10.4. The minimum atomic E-state index is 0.627. The molecule has 1 aliphatic rings. The molecule has 16 heavy (non-hydrogen) atoms. The molecule has 2 nitrogen and oxygen atoms in total. The van der Waals surface area contributed by atoms with Crippen LogP contribution in [0.4, 0.5) is 5.69 Å². The Morgan fingerprint density at radius 1 is 1.56 bits per heavy atom. The molecule has 0 bridgehead atoms. The van der Waals surface area contributed by atoms with Crippen molar-refractivity contribution in [2.75, 3.05) is 18.5 Å². The van der Waals surface area contributed by atoms with Gasteiger partial charge in [0.2, 0.25) is 0 Å². The molecular weight excluding hydrogens is 222 g/mol. The summed E-state index contributed by atoms with van der Waals surface area (Å²) in [6, 6.07) is 5.44. The van der Waals surface area contributed by atoms with Crippen LogP contribution in [0.15, 0.2) is 18.2 Å². The second-order valence-corrected chi connectivity index (χ2v) is 5.09. The summed E-state index contributed by atoms with van der Waals surface area (Å²) < 4.78 is 0. The normalized spacial score (nSPS) is 22.9. The van der Waals surface area contributed by atoms with Gasteiger partial charge in [0.05, 0.1) is 10.7 Å². The van der Waals surface area contributed by atoms with E-state index in [0.717, 1.165) is 30.4 Å². The molecule has 86 valence electrons. The van der Waals surface area contributed by atoms with Crippen LogP contribution in [0.25, 0.3) is 0 Å². The number of halogens is 1. The lowest BCUT2D eigenvalue weighted by molar-refractivity contribution is 0.112. The van der Waals surface area contributed by atoms with Crippen LogP contribution in [-0.4, -0.2) is 19.9 Å². The molecule has 0 aromatic heterocycles. The van der Waals surface area contributed by atoms with Crippen LogP contribution in [0.1, 0.15) is 23.7 Å². The molecule has 0 saturated heterocycles. The summed E-state index contributed by atoms with van der Waals surface area (Å²) in [6.45, 7) is 3.32. The monoisotopic (exact) mass is 237 g/mol. The van der Waals surface area contributed by atoms with Gasteiger partial charge in [0, 0.05) is 19.2 Å². The molecule has 0 spiro atoms. The van der Waals surface area contributed by atoms with Crippen LogP contribution >= 0.6 is 11.6 Å². The van der Waals surface area contributed by atoms with Crippen molar-refractivity contribution in [2.45, 2.75) is 13.3 Å². The van der Waals surface area contributed by atoms with Crippen LogP contribution < -0.4 is 4.90 Å². The first kappa shape index (κ1) is 11.5. The van der Waals surface area contributed by atoms with Crippen molar-refractivity contribution in [1.82, 2.24) is 0 Å². The van der Waals surface area contributed by atoms with E-state index in [-0.39, 0.29) is 0 Å². The van der Waals surface area contributed by atoms with Gasteiger partial charge in [-0.3, -0.25) is 4.79 Å². The highest BCUT2D eigenvalue weighted by Crippen LogP contribution is 2.39. The highest BCUT2D eigenvalue weighted by molar-refractivity contribution is 6.33. The van der Waals surface area contributed by atoms with E-state index in [2.05, 4.69) is 11.8 Å². The molecule has 0 aliphatic heterocycles. The van der Waals surface area contributed by atoms with Crippen molar-refractivity contribution in [1.29, 1.82) is 0 Å². The van der Waals surface area contributed by atoms with E-state index in [0.29, 0.717) is 10.6 Å². The summed E-state index contributed by atoms with van der Waals surface area (Å²) in [5.41, 5.74) is 1.63. The van der Waals surface area contributed by atoms with Crippen LogP contribution in [0, 0.1) is 11.8 Å².